The zero-order valence-electron chi connectivity index (χ0n) is 10.7. The summed E-state index contributed by atoms with van der Waals surface area (Å²) in [6, 6.07) is 6.97. The first-order valence-corrected chi connectivity index (χ1v) is 6.11. The molecule has 1 aromatic carbocycles. The van der Waals surface area contributed by atoms with E-state index in [1.807, 2.05) is 6.92 Å². The molecule has 0 fully saturated rings. The smallest absolute Gasteiger partial charge is 0.263 e. The van der Waals surface area contributed by atoms with Gasteiger partial charge in [-0.1, -0.05) is 11.6 Å². The number of aryl methyl sites for hydroxylation is 2. The van der Waals surface area contributed by atoms with Gasteiger partial charge in [-0.05, 0) is 30.7 Å². The van der Waals surface area contributed by atoms with Crippen LogP contribution < -0.4 is 10.1 Å². The molecule has 1 amide bonds. The van der Waals surface area contributed by atoms with Crippen molar-refractivity contribution in [3.8, 4) is 5.75 Å². The highest BCUT2D eigenvalue weighted by molar-refractivity contribution is 6.31. The highest BCUT2D eigenvalue weighted by atomic mass is 35.5. The number of anilines is 1. The number of amides is 1. The minimum absolute atomic E-state index is 0.0718. The molecular weight excluding hydrogens is 266 g/mol. The molecule has 1 N–H and O–H groups in total. The number of ether oxygens (including phenoxy) is 1. The topological polar surface area (TPSA) is 56.1 Å². The molecule has 2 rings (SSSR count). The monoisotopic (exact) mass is 279 g/mol. The predicted octanol–water partition coefficient (Wildman–Crippen LogP) is 2.40. The van der Waals surface area contributed by atoms with Crippen LogP contribution in [0.1, 0.15) is 5.56 Å². The van der Waals surface area contributed by atoms with Crippen molar-refractivity contribution in [2.75, 3.05) is 11.9 Å². The molecule has 0 saturated heterocycles. The molecule has 2 aromatic rings. The van der Waals surface area contributed by atoms with Gasteiger partial charge in [0.15, 0.2) is 12.4 Å². The van der Waals surface area contributed by atoms with Crippen LogP contribution in [-0.4, -0.2) is 22.3 Å². The number of hydrogen-bond donors (Lipinski definition) is 1. The summed E-state index contributed by atoms with van der Waals surface area (Å²) in [5.74, 6) is 0.854. The summed E-state index contributed by atoms with van der Waals surface area (Å²) in [6.07, 6.45) is 1.75. The second kappa shape index (κ2) is 5.75. The third kappa shape index (κ3) is 3.72. The maximum Gasteiger partial charge on any atom is 0.263 e. The van der Waals surface area contributed by atoms with Crippen LogP contribution in [0.2, 0.25) is 5.02 Å². The third-order valence-corrected chi connectivity index (χ3v) is 2.90. The molecule has 100 valence electrons. The Morgan fingerprint density at radius 3 is 2.89 bits per heavy atom. The second-order valence-corrected chi connectivity index (χ2v) is 4.53. The number of halogens is 1. The van der Waals surface area contributed by atoms with Crippen LogP contribution in [0.4, 0.5) is 5.82 Å². The van der Waals surface area contributed by atoms with E-state index in [4.69, 9.17) is 16.3 Å². The van der Waals surface area contributed by atoms with Crippen molar-refractivity contribution in [2.45, 2.75) is 6.92 Å². The molecule has 19 heavy (non-hydrogen) atoms. The first-order chi connectivity index (χ1) is 9.04. The van der Waals surface area contributed by atoms with E-state index in [0.717, 1.165) is 5.56 Å². The van der Waals surface area contributed by atoms with E-state index in [2.05, 4.69) is 10.4 Å². The molecule has 0 bridgehead atoms. The SMILES string of the molecule is Cc1cc(OCC(=O)Nc2ccn(C)n2)ccc1Cl. The zero-order valence-corrected chi connectivity index (χ0v) is 11.4. The molecule has 6 heteroatoms. The molecular formula is C13H14ClN3O2. The van der Waals surface area contributed by atoms with Gasteiger partial charge in [0.05, 0.1) is 0 Å². The summed E-state index contributed by atoms with van der Waals surface area (Å²) in [5, 5.41) is 7.35. The largest absolute Gasteiger partial charge is 0.484 e. The summed E-state index contributed by atoms with van der Waals surface area (Å²) in [4.78, 5) is 11.6. The summed E-state index contributed by atoms with van der Waals surface area (Å²) in [7, 11) is 1.78. The van der Waals surface area contributed by atoms with E-state index >= 15 is 0 Å². The van der Waals surface area contributed by atoms with E-state index in [-0.39, 0.29) is 12.5 Å². The Balaban J connectivity index is 1.88. The van der Waals surface area contributed by atoms with Gasteiger partial charge in [-0.15, -0.1) is 0 Å². The Morgan fingerprint density at radius 1 is 1.47 bits per heavy atom. The standard InChI is InChI=1S/C13H14ClN3O2/c1-9-7-10(3-4-11(9)14)19-8-13(18)15-12-5-6-17(2)16-12/h3-7H,8H2,1-2H3,(H,15,16,18). The van der Waals surface area contributed by atoms with Gasteiger partial charge in [0.1, 0.15) is 5.75 Å². The number of benzene rings is 1. The number of hydrogen-bond acceptors (Lipinski definition) is 3. The van der Waals surface area contributed by atoms with E-state index in [1.165, 1.54) is 0 Å². The summed E-state index contributed by atoms with van der Waals surface area (Å²) in [6.45, 7) is 1.81. The lowest BCUT2D eigenvalue weighted by Gasteiger charge is -2.07. The highest BCUT2D eigenvalue weighted by Gasteiger charge is 2.06. The molecule has 1 aromatic heterocycles. The molecule has 0 atom stereocenters. The van der Waals surface area contributed by atoms with Gasteiger partial charge in [-0.2, -0.15) is 5.10 Å². The number of carbonyl (C=O) groups excluding carboxylic acids is 1. The molecule has 0 aliphatic heterocycles. The number of nitrogens with zero attached hydrogens (tertiary/aromatic N) is 2. The van der Waals surface area contributed by atoms with Gasteiger partial charge in [-0.3, -0.25) is 9.48 Å². The highest BCUT2D eigenvalue weighted by Crippen LogP contribution is 2.20. The van der Waals surface area contributed by atoms with Gasteiger partial charge >= 0.3 is 0 Å². The summed E-state index contributed by atoms with van der Waals surface area (Å²) < 4.78 is 6.99. The van der Waals surface area contributed by atoms with Gasteiger partial charge in [-0.25, -0.2) is 0 Å². The average molecular weight is 280 g/mol. The van der Waals surface area contributed by atoms with E-state index in [1.54, 1.807) is 42.2 Å². The molecule has 0 saturated carbocycles. The van der Waals surface area contributed by atoms with Crippen LogP contribution in [0, 0.1) is 6.92 Å². The quantitative estimate of drug-likeness (QED) is 0.935. The van der Waals surface area contributed by atoms with Crippen molar-refractivity contribution >= 4 is 23.3 Å². The van der Waals surface area contributed by atoms with E-state index in [9.17, 15) is 4.79 Å². The minimum atomic E-state index is -0.258. The fraction of sp³-hybridized carbons (Fsp3) is 0.231. The maximum atomic E-state index is 11.6. The van der Waals surface area contributed by atoms with Crippen molar-refractivity contribution in [3.05, 3.63) is 41.0 Å². The number of rotatable bonds is 4. The number of aromatic nitrogens is 2. The Labute approximate surface area is 116 Å². The van der Waals surface area contributed by atoms with Crippen LogP contribution in [0.3, 0.4) is 0 Å². The molecule has 0 aliphatic rings. The Morgan fingerprint density at radius 2 is 2.26 bits per heavy atom. The first-order valence-electron chi connectivity index (χ1n) is 5.73. The molecule has 1 heterocycles. The molecule has 0 unspecified atom stereocenters. The zero-order chi connectivity index (χ0) is 13.8. The minimum Gasteiger partial charge on any atom is -0.484 e. The van der Waals surface area contributed by atoms with Gasteiger partial charge < -0.3 is 10.1 Å². The molecule has 5 nitrogen and oxygen atoms in total. The van der Waals surface area contributed by atoms with Gasteiger partial charge in [0.2, 0.25) is 0 Å². The van der Waals surface area contributed by atoms with Crippen molar-refractivity contribution in [3.63, 3.8) is 0 Å². The van der Waals surface area contributed by atoms with Crippen molar-refractivity contribution in [2.24, 2.45) is 7.05 Å². The van der Waals surface area contributed by atoms with Crippen LogP contribution in [0.5, 0.6) is 5.75 Å². The van der Waals surface area contributed by atoms with Gasteiger partial charge in [0, 0.05) is 24.3 Å². The van der Waals surface area contributed by atoms with E-state index in [0.29, 0.717) is 16.6 Å². The maximum absolute atomic E-state index is 11.6. The summed E-state index contributed by atoms with van der Waals surface area (Å²) >= 11 is 5.91. The van der Waals surface area contributed by atoms with Crippen molar-refractivity contribution in [1.82, 2.24) is 9.78 Å². The van der Waals surface area contributed by atoms with Gasteiger partial charge in [0.25, 0.3) is 5.91 Å². The number of carbonyl (C=O) groups is 1. The Hall–Kier alpha value is -2.01. The summed E-state index contributed by atoms with van der Waals surface area (Å²) in [5.41, 5.74) is 0.907. The second-order valence-electron chi connectivity index (χ2n) is 4.12. The van der Waals surface area contributed by atoms with Crippen LogP contribution in [-0.2, 0) is 11.8 Å². The predicted molar refractivity (Wildman–Crippen MR) is 73.5 cm³/mol. The Kier molecular flexibility index (Phi) is 4.06. The molecule has 0 aliphatic carbocycles. The normalized spacial score (nSPS) is 10.3. The lowest BCUT2D eigenvalue weighted by Crippen LogP contribution is -2.20. The average Bonchev–Trinajstić information content (AvgIpc) is 2.76. The Bertz CT molecular complexity index is 595. The lowest BCUT2D eigenvalue weighted by atomic mass is 10.2. The van der Waals surface area contributed by atoms with Crippen molar-refractivity contribution < 1.29 is 9.53 Å². The first kappa shape index (κ1) is 13.4. The fourth-order valence-corrected chi connectivity index (χ4v) is 1.63. The van der Waals surface area contributed by atoms with Crippen LogP contribution >= 0.6 is 11.6 Å². The fourth-order valence-electron chi connectivity index (χ4n) is 1.52. The molecule has 0 radical (unpaired) electrons. The third-order valence-electron chi connectivity index (χ3n) is 2.48. The van der Waals surface area contributed by atoms with Crippen molar-refractivity contribution in [1.29, 1.82) is 0 Å². The number of nitrogens with one attached hydrogen (secondary N) is 1. The van der Waals surface area contributed by atoms with Crippen LogP contribution in [0.15, 0.2) is 30.5 Å². The van der Waals surface area contributed by atoms with E-state index < -0.39 is 0 Å². The lowest BCUT2D eigenvalue weighted by molar-refractivity contribution is -0.118. The molecule has 0 spiro atoms. The van der Waals surface area contributed by atoms with Crippen LogP contribution in [0.25, 0.3) is 0 Å².